The second kappa shape index (κ2) is 10.9. The first-order valence-corrected chi connectivity index (χ1v) is 12.3. The highest BCUT2D eigenvalue weighted by atomic mass is 19.1. The zero-order valence-corrected chi connectivity index (χ0v) is 20.8. The molecule has 3 aromatic rings. The van der Waals surface area contributed by atoms with E-state index in [9.17, 15) is 19.2 Å². The van der Waals surface area contributed by atoms with Crippen LogP contribution in [0.4, 0.5) is 10.1 Å². The predicted octanol–water partition coefficient (Wildman–Crippen LogP) is 3.99. The van der Waals surface area contributed by atoms with E-state index < -0.39 is 18.1 Å². The van der Waals surface area contributed by atoms with Gasteiger partial charge in [0.25, 0.3) is 5.91 Å². The zero-order valence-electron chi connectivity index (χ0n) is 20.8. The Morgan fingerprint density at radius 1 is 1.11 bits per heavy atom. The summed E-state index contributed by atoms with van der Waals surface area (Å²) in [7, 11) is 1.66. The highest BCUT2D eigenvalue weighted by Gasteiger charge is 2.33. The zero-order chi connectivity index (χ0) is 25.8. The van der Waals surface area contributed by atoms with Crippen molar-refractivity contribution in [3.63, 3.8) is 0 Å². The molecule has 36 heavy (non-hydrogen) atoms. The fourth-order valence-corrected chi connectivity index (χ4v) is 4.97. The van der Waals surface area contributed by atoms with Crippen molar-refractivity contribution in [1.82, 2.24) is 15.1 Å². The summed E-state index contributed by atoms with van der Waals surface area (Å²) in [6.45, 7) is 3.72. The molecule has 0 radical (unpaired) electrons. The predicted molar refractivity (Wildman–Crippen MR) is 135 cm³/mol. The van der Waals surface area contributed by atoms with Crippen molar-refractivity contribution in [3.8, 4) is 11.1 Å². The number of anilines is 1. The molecule has 2 amide bonds. The second-order valence-corrected chi connectivity index (χ2v) is 9.51. The molecule has 1 aliphatic carbocycles. The van der Waals surface area contributed by atoms with Gasteiger partial charge in [-0.3, -0.25) is 14.3 Å². The van der Waals surface area contributed by atoms with E-state index in [1.165, 1.54) is 17.1 Å². The van der Waals surface area contributed by atoms with Crippen LogP contribution < -0.4 is 15.4 Å². The molecule has 3 atom stereocenters. The summed E-state index contributed by atoms with van der Waals surface area (Å²) < 4.78 is 16.3. The van der Waals surface area contributed by atoms with Gasteiger partial charge in [-0.15, -0.1) is 0 Å². The van der Waals surface area contributed by atoms with Crippen molar-refractivity contribution in [2.24, 2.45) is 13.0 Å². The van der Waals surface area contributed by atoms with Crippen LogP contribution >= 0.6 is 0 Å². The first kappa shape index (κ1) is 25.3. The number of amides is 2. The fourth-order valence-electron chi connectivity index (χ4n) is 4.97. The van der Waals surface area contributed by atoms with Crippen LogP contribution in [0.2, 0.25) is 0 Å². The number of nitrogens with zero attached hydrogens (tertiary/aromatic N) is 3. The summed E-state index contributed by atoms with van der Waals surface area (Å²) in [6.07, 6.45) is 4.83. The van der Waals surface area contributed by atoms with E-state index in [4.69, 9.17) is 0 Å². The molecule has 9 heteroatoms. The van der Waals surface area contributed by atoms with Gasteiger partial charge in [-0.2, -0.15) is 9.83 Å². The summed E-state index contributed by atoms with van der Waals surface area (Å²) in [4.78, 5) is 26.3. The van der Waals surface area contributed by atoms with Gasteiger partial charge >= 0.3 is 0 Å². The monoisotopic (exact) mass is 493 g/mol. The maximum Gasteiger partial charge on any atom is 0.270 e. The van der Waals surface area contributed by atoms with E-state index in [1.807, 2.05) is 19.1 Å². The van der Waals surface area contributed by atoms with Gasteiger partial charge in [-0.05, 0) is 67.9 Å². The van der Waals surface area contributed by atoms with Crippen LogP contribution in [0.15, 0.2) is 48.8 Å². The van der Waals surface area contributed by atoms with Crippen LogP contribution in [0.5, 0.6) is 0 Å². The van der Waals surface area contributed by atoms with Crippen LogP contribution in [0.1, 0.15) is 53.8 Å². The van der Waals surface area contributed by atoms with E-state index in [0.717, 1.165) is 21.4 Å². The molecular formula is C27H32FN5O3. The molecule has 1 aliphatic rings. The minimum Gasteiger partial charge on any atom is -0.618 e. The molecule has 0 saturated heterocycles. The molecule has 1 saturated carbocycles. The molecule has 190 valence electrons. The lowest BCUT2D eigenvalue weighted by Gasteiger charge is -2.26. The Kier molecular flexibility index (Phi) is 7.67. The van der Waals surface area contributed by atoms with E-state index in [-0.39, 0.29) is 11.8 Å². The highest BCUT2D eigenvalue weighted by molar-refractivity contribution is 6.00. The van der Waals surface area contributed by atoms with Gasteiger partial charge < -0.3 is 15.8 Å². The topological polar surface area (TPSA) is 103 Å². The van der Waals surface area contributed by atoms with Crippen LogP contribution in [0.3, 0.4) is 0 Å². The Balaban J connectivity index is 1.54. The summed E-state index contributed by atoms with van der Waals surface area (Å²) >= 11 is 0. The number of rotatable bonds is 6. The lowest BCUT2D eigenvalue weighted by Crippen LogP contribution is -2.49. The molecule has 4 rings (SSSR count). The SMILES string of the molecule is Cc1cc[n+]([O-])c(C)c1-c1ccc(NC(=O)[C@@H](NC(=O)c2ccnn2C)C2CCCC(F)CC2)cc1. The minimum atomic E-state index is -0.878. The van der Waals surface area contributed by atoms with Crippen molar-refractivity contribution in [2.75, 3.05) is 5.32 Å². The quantitative estimate of drug-likeness (QED) is 0.308. The molecule has 2 unspecified atom stereocenters. The number of pyridine rings is 1. The average molecular weight is 494 g/mol. The van der Waals surface area contributed by atoms with Crippen LogP contribution in [-0.2, 0) is 11.8 Å². The first-order chi connectivity index (χ1) is 17.2. The van der Waals surface area contributed by atoms with Gasteiger partial charge in [0.15, 0.2) is 11.9 Å². The van der Waals surface area contributed by atoms with Gasteiger partial charge in [0.2, 0.25) is 5.91 Å². The van der Waals surface area contributed by atoms with E-state index in [0.29, 0.717) is 49.2 Å². The molecule has 2 heterocycles. The molecule has 8 nitrogen and oxygen atoms in total. The third kappa shape index (κ3) is 5.56. The Morgan fingerprint density at radius 2 is 1.86 bits per heavy atom. The first-order valence-electron chi connectivity index (χ1n) is 12.3. The number of nitrogens with one attached hydrogen (secondary N) is 2. The van der Waals surface area contributed by atoms with Crippen LogP contribution in [0, 0.1) is 25.0 Å². The number of carbonyl (C=O) groups is 2. The summed E-state index contributed by atoms with van der Waals surface area (Å²) in [5.74, 6) is -0.915. The van der Waals surface area contributed by atoms with Crippen molar-refractivity contribution in [1.29, 1.82) is 0 Å². The Hall–Kier alpha value is -3.75. The van der Waals surface area contributed by atoms with Gasteiger partial charge in [-0.1, -0.05) is 18.6 Å². The van der Waals surface area contributed by atoms with Crippen molar-refractivity contribution in [2.45, 2.75) is 58.2 Å². The average Bonchev–Trinajstić information content (AvgIpc) is 3.17. The number of aryl methyl sites for hydroxylation is 2. The van der Waals surface area contributed by atoms with Crippen LogP contribution in [-0.4, -0.2) is 33.8 Å². The molecule has 0 aliphatic heterocycles. The number of aromatic nitrogens is 3. The molecule has 2 aromatic heterocycles. The number of alkyl halides is 1. The molecule has 2 N–H and O–H groups in total. The minimum absolute atomic E-state index is 0.177. The number of carbonyl (C=O) groups excluding carboxylic acids is 2. The van der Waals surface area contributed by atoms with Crippen molar-refractivity contribution < 1.29 is 18.7 Å². The standard InChI is InChI=1S/C27H32FN5O3/c1-17-14-16-33(36)18(2)24(17)19-8-11-22(12-9-19)30-27(35)25(20-5-4-6-21(28)10-7-20)31-26(34)23-13-15-29-32(23)3/h8-9,11-16,20-21,25H,4-7,10H2,1-3H3,(H,30,35)(H,31,34)/t20?,21?,25-/m0/s1. The van der Waals surface area contributed by atoms with Gasteiger partial charge in [0, 0.05) is 31.9 Å². The summed E-state index contributed by atoms with van der Waals surface area (Å²) in [6, 6.07) is 9.82. The molecule has 0 bridgehead atoms. The van der Waals surface area contributed by atoms with Gasteiger partial charge in [-0.25, -0.2) is 4.39 Å². The Labute approximate surface area is 210 Å². The van der Waals surface area contributed by atoms with Crippen molar-refractivity contribution >= 4 is 17.5 Å². The molecule has 1 aromatic carbocycles. The molecule has 0 spiro atoms. The normalized spacial score (nSPS) is 18.8. The number of hydrogen-bond donors (Lipinski definition) is 2. The fraction of sp³-hybridized carbons (Fsp3) is 0.407. The number of benzene rings is 1. The van der Waals surface area contributed by atoms with E-state index >= 15 is 0 Å². The lowest BCUT2D eigenvalue weighted by molar-refractivity contribution is -0.611. The second-order valence-electron chi connectivity index (χ2n) is 9.51. The van der Waals surface area contributed by atoms with Gasteiger partial charge in [0.05, 0.1) is 5.56 Å². The third-order valence-electron chi connectivity index (χ3n) is 7.02. The van der Waals surface area contributed by atoms with E-state index in [2.05, 4.69) is 15.7 Å². The maximum atomic E-state index is 14.0. The maximum absolute atomic E-state index is 14.0. The largest absolute Gasteiger partial charge is 0.618 e. The summed E-state index contributed by atoms with van der Waals surface area (Å²) in [5.41, 5.74) is 4.22. The van der Waals surface area contributed by atoms with Crippen LogP contribution in [0.25, 0.3) is 11.1 Å². The Morgan fingerprint density at radius 3 is 2.56 bits per heavy atom. The van der Waals surface area contributed by atoms with Gasteiger partial charge in [0.1, 0.15) is 17.9 Å². The molecular weight excluding hydrogens is 461 g/mol. The highest BCUT2D eigenvalue weighted by Crippen LogP contribution is 2.29. The Bertz CT molecular complexity index is 1240. The third-order valence-corrected chi connectivity index (χ3v) is 7.02. The smallest absolute Gasteiger partial charge is 0.270 e. The number of hydrogen-bond acceptors (Lipinski definition) is 4. The molecule has 1 fully saturated rings. The lowest BCUT2D eigenvalue weighted by atomic mass is 9.90. The van der Waals surface area contributed by atoms with Crippen molar-refractivity contribution in [3.05, 3.63) is 71.0 Å². The van der Waals surface area contributed by atoms with E-state index in [1.54, 1.807) is 38.2 Å². The summed E-state index contributed by atoms with van der Waals surface area (Å²) in [5, 5.41) is 21.9. The number of halogens is 1.